The van der Waals surface area contributed by atoms with Crippen molar-refractivity contribution in [2.45, 2.75) is 31.2 Å². The fourth-order valence-electron chi connectivity index (χ4n) is 2.86. The van der Waals surface area contributed by atoms with E-state index in [0.717, 1.165) is 31.2 Å². The van der Waals surface area contributed by atoms with E-state index in [1.54, 1.807) is 6.07 Å². The standard InChI is InChI=1S/C16H19N3O2.ClH/c17-11-16(8-4-5-9-16)18-15(20)13-10-14(21-19-13)12-6-2-1-3-7-12;/h1-3,6-7,10H,4-5,8-9,11,17H2,(H,18,20);1H. The second kappa shape index (κ2) is 6.94. The molecular weight excluding hydrogens is 302 g/mol. The number of nitrogens with two attached hydrogens (primary N) is 1. The summed E-state index contributed by atoms with van der Waals surface area (Å²) in [6.07, 6.45) is 4.06. The number of carbonyl (C=O) groups is 1. The zero-order valence-corrected chi connectivity index (χ0v) is 13.1. The number of aromatic nitrogens is 1. The molecule has 3 rings (SSSR count). The molecule has 0 bridgehead atoms. The lowest BCUT2D eigenvalue weighted by Gasteiger charge is -2.28. The first kappa shape index (κ1) is 16.5. The van der Waals surface area contributed by atoms with Crippen LogP contribution in [0.1, 0.15) is 36.2 Å². The third kappa shape index (κ3) is 3.31. The molecule has 5 nitrogen and oxygen atoms in total. The Labute approximate surface area is 135 Å². The topological polar surface area (TPSA) is 81.1 Å². The molecule has 6 heteroatoms. The number of rotatable bonds is 4. The SMILES string of the molecule is Cl.NCC1(NC(=O)c2cc(-c3ccccc3)on2)CCCC1. The van der Waals surface area contributed by atoms with Crippen LogP contribution in [0.25, 0.3) is 11.3 Å². The summed E-state index contributed by atoms with van der Waals surface area (Å²) in [5.74, 6) is 0.377. The molecule has 0 atom stereocenters. The van der Waals surface area contributed by atoms with E-state index >= 15 is 0 Å². The second-order valence-corrected chi connectivity index (χ2v) is 5.59. The quantitative estimate of drug-likeness (QED) is 0.907. The lowest BCUT2D eigenvalue weighted by Crippen LogP contribution is -2.51. The number of nitrogens with zero attached hydrogens (tertiary/aromatic N) is 1. The van der Waals surface area contributed by atoms with Gasteiger partial charge in [-0.15, -0.1) is 12.4 Å². The minimum absolute atomic E-state index is 0. The lowest BCUT2D eigenvalue weighted by atomic mass is 9.97. The molecule has 0 unspecified atom stereocenters. The zero-order chi connectivity index (χ0) is 14.7. The Bertz CT molecular complexity index is 621. The second-order valence-electron chi connectivity index (χ2n) is 5.59. The van der Waals surface area contributed by atoms with Crippen LogP contribution in [0.2, 0.25) is 0 Å². The van der Waals surface area contributed by atoms with Gasteiger partial charge in [0.15, 0.2) is 11.5 Å². The Morgan fingerprint density at radius 3 is 2.59 bits per heavy atom. The highest BCUT2D eigenvalue weighted by Gasteiger charge is 2.34. The van der Waals surface area contributed by atoms with Gasteiger partial charge in [-0.2, -0.15) is 0 Å². The molecular formula is C16H20ClN3O2. The molecule has 22 heavy (non-hydrogen) atoms. The van der Waals surface area contributed by atoms with Crippen LogP contribution < -0.4 is 11.1 Å². The number of carbonyl (C=O) groups excluding carboxylic acids is 1. The Kier molecular flexibility index (Phi) is 5.21. The van der Waals surface area contributed by atoms with Crippen molar-refractivity contribution in [3.05, 3.63) is 42.1 Å². The summed E-state index contributed by atoms with van der Waals surface area (Å²) in [5.41, 5.74) is 6.76. The molecule has 2 aromatic rings. The Hall–Kier alpha value is -1.85. The van der Waals surface area contributed by atoms with Crippen molar-refractivity contribution in [1.82, 2.24) is 10.5 Å². The molecule has 1 fully saturated rings. The molecule has 0 spiro atoms. The van der Waals surface area contributed by atoms with Gasteiger partial charge < -0.3 is 15.6 Å². The molecule has 0 radical (unpaired) electrons. The first-order chi connectivity index (χ1) is 10.2. The smallest absolute Gasteiger partial charge is 0.273 e. The number of hydrogen-bond acceptors (Lipinski definition) is 4. The Morgan fingerprint density at radius 1 is 1.27 bits per heavy atom. The third-order valence-electron chi connectivity index (χ3n) is 4.13. The maximum atomic E-state index is 12.3. The number of nitrogens with one attached hydrogen (secondary N) is 1. The molecule has 1 aromatic carbocycles. The summed E-state index contributed by atoms with van der Waals surface area (Å²) in [6.45, 7) is 0.460. The average Bonchev–Trinajstić information content (AvgIpc) is 3.18. The molecule has 1 aromatic heterocycles. The molecule has 1 aliphatic rings. The largest absolute Gasteiger partial charge is 0.355 e. The van der Waals surface area contributed by atoms with Gasteiger partial charge in [0.1, 0.15) is 0 Å². The van der Waals surface area contributed by atoms with Crippen molar-refractivity contribution < 1.29 is 9.32 Å². The van der Waals surface area contributed by atoms with E-state index < -0.39 is 0 Å². The first-order valence-electron chi connectivity index (χ1n) is 7.27. The highest BCUT2D eigenvalue weighted by atomic mass is 35.5. The van der Waals surface area contributed by atoms with E-state index in [-0.39, 0.29) is 23.9 Å². The predicted octanol–water partition coefficient (Wildman–Crippen LogP) is 2.76. The number of amides is 1. The van der Waals surface area contributed by atoms with Gasteiger partial charge in [0.25, 0.3) is 5.91 Å². The van der Waals surface area contributed by atoms with Crippen molar-refractivity contribution in [3.63, 3.8) is 0 Å². The summed E-state index contributed by atoms with van der Waals surface area (Å²) in [4.78, 5) is 12.3. The van der Waals surface area contributed by atoms with Gasteiger partial charge in [0, 0.05) is 18.2 Å². The van der Waals surface area contributed by atoms with Gasteiger partial charge in [-0.1, -0.05) is 48.3 Å². The molecule has 1 saturated carbocycles. The van der Waals surface area contributed by atoms with Crippen LogP contribution in [0.3, 0.4) is 0 Å². The van der Waals surface area contributed by atoms with Crippen molar-refractivity contribution in [3.8, 4) is 11.3 Å². The fraction of sp³-hybridized carbons (Fsp3) is 0.375. The van der Waals surface area contributed by atoms with Crippen LogP contribution in [0, 0.1) is 0 Å². The minimum atomic E-state index is -0.275. The maximum absolute atomic E-state index is 12.3. The first-order valence-corrected chi connectivity index (χ1v) is 7.27. The summed E-state index contributed by atoms with van der Waals surface area (Å²) >= 11 is 0. The van der Waals surface area contributed by atoms with E-state index in [1.807, 2.05) is 30.3 Å². The monoisotopic (exact) mass is 321 g/mol. The summed E-state index contributed by atoms with van der Waals surface area (Å²) in [7, 11) is 0. The van der Waals surface area contributed by atoms with Crippen molar-refractivity contribution in [2.75, 3.05) is 6.54 Å². The summed E-state index contributed by atoms with van der Waals surface area (Å²) in [6, 6.07) is 11.3. The lowest BCUT2D eigenvalue weighted by molar-refractivity contribution is 0.0894. The summed E-state index contributed by atoms with van der Waals surface area (Å²) < 4.78 is 5.26. The van der Waals surface area contributed by atoms with Gasteiger partial charge in [-0.05, 0) is 12.8 Å². The highest BCUT2D eigenvalue weighted by molar-refractivity contribution is 5.93. The van der Waals surface area contributed by atoms with Gasteiger partial charge >= 0.3 is 0 Å². The zero-order valence-electron chi connectivity index (χ0n) is 12.2. The molecule has 0 aliphatic heterocycles. The average molecular weight is 322 g/mol. The fourth-order valence-corrected chi connectivity index (χ4v) is 2.86. The van der Waals surface area contributed by atoms with Crippen LogP contribution in [0.15, 0.2) is 40.9 Å². The minimum Gasteiger partial charge on any atom is -0.355 e. The maximum Gasteiger partial charge on any atom is 0.273 e. The molecule has 1 heterocycles. The van der Waals surface area contributed by atoms with Gasteiger partial charge in [0.05, 0.1) is 5.54 Å². The van der Waals surface area contributed by atoms with E-state index in [4.69, 9.17) is 10.3 Å². The van der Waals surface area contributed by atoms with E-state index in [0.29, 0.717) is 18.0 Å². The Balaban J connectivity index is 0.00000176. The number of halogens is 1. The van der Waals surface area contributed by atoms with Crippen LogP contribution in [-0.4, -0.2) is 23.1 Å². The Morgan fingerprint density at radius 2 is 1.95 bits per heavy atom. The van der Waals surface area contributed by atoms with Gasteiger partial charge in [-0.3, -0.25) is 4.79 Å². The summed E-state index contributed by atoms with van der Waals surface area (Å²) in [5, 5.41) is 6.91. The normalized spacial score (nSPS) is 16.0. The van der Waals surface area contributed by atoms with E-state index in [9.17, 15) is 4.79 Å². The molecule has 1 aliphatic carbocycles. The van der Waals surface area contributed by atoms with E-state index in [2.05, 4.69) is 10.5 Å². The molecule has 0 saturated heterocycles. The van der Waals surface area contributed by atoms with Gasteiger partial charge in [-0.25, -0.2) is 0 Å². The predicted molar refractivity (Wildman–Crippen MR) is 86.9 cm³/mol. The van der Waals surface area contributed by atoms with Crippen molar-refractivity contribution >= 4 is 18.3 Å². The number of hydrogen-bond donors (Lipinski definition) is 2. The van der Waals surface area contributed by atoms with Crippen LogP contribution in [0.5, 0.6) is 0 Å². The highest BCUT2D eigenvalue weighted by Crippen LogP contribution is 2.29. The molecule has 1 amide bonds. The van der Waals surface area contributed by atoms with Crippen molar-refractivity contribution in [2.24, 2.45) is 5.73 Å². The van der Waals surface area contributed by atoms with Crippen LogP contribution >= 0.6 is 12.4 Å². The van der Waals surface area contributed by atoms with Crippen LogP contribution in [-0.2, 0) is 0 Å². The molecule has 118 valence electrons. The number of benzene rings is 1. The third-order valence-corrected chi connectivity index (χ3v) is 4.13. The molecule has 3 N–H and O–H groups in total. The van der Waals surface area contributed by atoms with Crippen molar-refractivity contribution in [1.29, 1.82) is 0 Å². The van der Waals surface area contributed by atoms with E-state index in [1.165, 1.54) is 0 Å². The van der Waals surface area contributed by atoms with Gasteiger partial charge in [0.2, 0.25) is 0 Å². The van der Waals surface area contributed by atoms with Crippen LogP contribution in [0.4, 0.5) is 0 Å².